The molecule has 2 rings (SSSR count). The van der Waals surface area contributed by atoms with Crippen LogP contribution in [0, 0.1) is 0 Å². The molecule has 0 saturated carbocycles. The van der Waals surface area contributed by atoms with Crippen LogP contribution in [-0.4, -0.2) is 63.3 Å². The van der Waals surface area contributed by atoms with Crippen molar-refractivity contribution in [1.29, 1.82) is 0 Å². The van der Waals surface area contributed by atoms with Crippen LogP contribution in [0.2, 0.25) is 0 Å². The van der Waals surface area contributed by atoms with Crippen molar-refractivity contribution in [3.05, 3.63) is 23.8 Å². The van der Waals surface area contributed by atoms with E-state index in [1.54, 1.807) is 5.32 Å². The maximum Gasteiger partial charge on any atom is 0.471 e. The molecule has 1 aliphatic rings. The Morgan fingerprint density at radius 1 is 1.17 bits per heavy atom. The summed E-state index contributed by atoms with van der Waals surface area (Å²) in [5.41, 5.74) is 0.567. The van der Waals surface area contributed by atoms with Crippen molar-refractivity contribution in [3.63, 3.8) is 0 Å². The van der Waals surface area contributed by atoms with E-state index in [9.17, 15) is 22.8 Å². The fourth-order valence-corrected chi connectivity index (χ4v) is 2.41. The van der Waals surface area contributed by atoms with Crippen LogP contribution in [0.3, 0.4) is 0 Å². The van der Waals surface area contributed by atoms with Crippen LogP contribution in [-0.2, 0) is 9.53 Å². The van der Waals surface area contributed by atoms with E-state index in [0.29, 0.717) is 18.8 Å². The molecule has 1 heterocycles. The molecule has 1 aliphatic heterocycles. The number of rotatable bonds is 3. The zero-order valence-corrected chi connectivity index (χ0v) is 13.3. The Labute approximate surface area is 137 Å². The molecule has 1 N–H and O–H groups in total. The second kappa shape index (κ2) is 7.08. The zero-order valence-electron chi connectivity index (χ0n) is 13.3. The van der Waals surface area contributed by atoms with Crippen molar-refractivity contribution in [3.8, 4) is 0 Å². The highest BCUT2D eigenvalue weighted by atomic mass is 19.4. The average molecular weight is 345 g/mol. The van der Waals surface area contributed by atoms with Crippen molar-refractivity contribution in [2.24, 2.45) is 0 Å². The lowest BCUT2D eigenvalue weighted by atomic mass is 10.1. The molecule has 1 saturated heterocycles. The van der Waals surface area contributed by atoms with Gasteiger partial charge in [-0.15, -0.1) is 0 Å². The Balaban J connectivity index is 2.29. The van der Waals surface area contributed by atoms with Crippen molar-refractivity contribution in [2.45, 2.75) is 6.18 Å². The minimum Gasteiger partial charge on any atom is -0.465 e. The molecule has 9 heteroatoms. The number of ether oxygens (including phenoxy) is 1. The van der Waals surface area contributed by atoms with E-state index in [1.807, 2.05) is 11.9 Å². The van der Waals surface area contributed by atoms with Gasteiger partial charge in [0.05, 0.1) is 18.4 Å². The first-order chi connectivity index (χ1) is 11.2. The van der Waals surface area contributed by atoms with Crippen molar-refractivity contribution >= 4 is 23.3 Å². The molecule has 24 heavy (non-hydrogen) atoms. The molecule has 0 aromatic heterocycles. The van der Waals surface area contributed by atoms with Crippen molar-refractivity contribution in [2.75, 3.05) is 50.6 Å². The highest BCUT2D eigenvalue weighted by molar-refractivity contribution is 6.00. The number of nitrogens with zero attached hydrogens (tertiary/aromatic N) is 2. The first-order valence-corrected chi connectivity index (χ1v) is 7.26. The van der Waals surface area contributed by atoms with Gasteiger partial charge < -0.3 is 19.9 Å². The zero-order chi connectivity index (χ0) is 17.9. The van der Waals surface area contributed by atoms with Gasteiger partial charge >= 0.3 is 18.1 Å². The number of carbonyl (C=O) groups is 2. The van der Waals surface area contributed by atoms with E-state index in [-0.39, 0.29) is 11.3 Å². The Hall–Kier alpha value is -2.29. The van der Waals surface area contributed by atoms with Gasteiger partial charge in [-0.25, -0.2) is 4.79 Å². The maximum absolute atomic E-state index is 12.4. The van der Waals surface area contributed by atoms with E-state index in [0.717, 1.165) is 13.1 Å². The summed E-state index contributed by atoms with van der Waals surface area (Å²) in [7, 11) is 3.17. The van der Waals surface area contributed by atoms with E-state index in [4.69, 9.17) is 4.74 Å². The van der Waals surface area contributed by atoms with Gasteiger partial charge in [0.1, 0.15) is 0 Å². The van der Waals surface area contributed by atoms with Gasteiger partial charge in [0.25, 0.3) is 0 Å². The monoisotopic (exact) mass is 345 g/mol. The smallest absolute Gasteiger partial charge is 0.465 e. The normalized spacial score (nSPS) is 16.0. The lowest BCUT2D eigenvalue weighted by Gasteiger charge is -2.35. The van der Waals surface area contributed by atoms with Gasteiger partial charge in [0, 0.05) is 31.9 Å². The summed E-state index contributed by atoms with van der Waals surface area (Å²) in [6, 6.07) is 4.05. The Kier molecular flexibility index (Phi) is 5.33. The third kappa shape index (κ3) is 4.16. The molecule has 1 amide bonds. The third-order valence-corrected chi connectivity index (χ3v) is 3.76. The van der Waals surface area contributed by atoms with E-state index in [2.05, 4.69) is 4.90 Å². The fourth-order valence-electron chi connectivity index (χ4n) is 2.41. The van der Waals surface area contributed by atoms with Gasteiger partial charge in [-0.3, -0.25) is 4.79 Å². The first-order valence-electron chi connectivity index (χ1n) is 7.26. The van der Waals surface area contributed by atoms with Crippen LogP contribution in [0.5, 0.6) is 0 Å². The average Bonchev–Trinajstić information content (AvgIpc) is 2.54. The standard InChI is InChI=1S/C15H18F3N3O3/c1-20-5-7-21(8-6-20)12-4-3-10(9-11(12)13(22)24-2)19-14(23)15(16,17)18/h3-4,9H,5-8H2,1-2H3,(H,19,23). The molecular weight excluding hydrogens is 327 g/mol. The summed E-state index contributed by atoms with van der Waals surface area (Å²) in [6.07, 6.45) is -5.00. The number of likely N-dealkylation sites (N-methyl/N-ethyl adjacent to an activating group) is 1. The van der Waals surface area contributed by atoms with Crippen LogP contribution in [0.1, 0.15) is 10.4 Å². The number of alkyl halides is 3. The highest BCUT2D eigenvalue weighted by Crippen LogP contribution is 2.27. The second-order valence-electron chi connectivity index (χ2n) is 5.47. The number of benzene rings is 1. The number of amides is 1. The predicted octanol–water partition coefficient (Wildman–Crippen LogP) is 1.73. The summed E-state index contributed by atoms with van der Waals surface area (Å²) < 4.78 is 41.8. The summed E-state index contributed by atoms with van der Waals surface area (Å²) in [5, 5.41) is 1.74. The van der Waals surface area contributed by atoms with Crippen LogP contribution < -0.4 is 10.2 Å². The molecule has 0 spiro atoms. The van der Waals surface area contributed by atoms with Gasteiger partial charge in [0.2, 0.25) is 0 Å². The third-order valence-electron chi connectivity index (χ3n) is 3.76. The second-order valence-corrected chi connectivity index (χ2v) is 5.47. The molecule has 6 nitrogen and oxygen atoms in total. The molecule has 0 bridgehead atoms. The number of halogens is 3. The predicted molar refractivity (Wildman–Crippen MR) is 82.2 cm³/mol. The quantitative estimate of drug-likeness (QED) is 0.846. The number of piperazine rings is 1. The SMILES string of the molecule is COC(=O)c1cc(NC(=O)C(F)(F)F)ccc1N1CCN(C)CC1. The van der Waals surface area contributed by atoms with E-state index >= 15 is 0 Å². The molecule has 0 radical (unpaired) electrons. The summed E-state index contributed by atoms with van der Waals surface area (Å²) in [6.45, 7) is 2.95. The summed E-state index contributed by atoms with van der Waals surface area (Å²) in [5.74, 6) is -2.77. The van der Waals surface area contributed by atoms with Gasteiger partial charge in [-0.05, 0) is 25.2 Å². The van der Waals surface area contributed by atoms with Crippen LogP contribution >= 0.6 is 0 Å². The minimum absolute atomic E-state index is 0.113. The Morgan fingerprint density at radius 2 is 1.79 bits per heavy atom. The van der Waals surface area contributed by atoms with Crippen LogP contribution in [0.15, 0.2) is 18.2 Å². The number of nitrogens with one attached hydrogen (secondary N) is 1. The number of anilines is 2. The van der Waals surface area contributed by atoms with E-state index < -0.39 is 18.1 Å². The fraction of sp³-hybridized carbons (Fsp3) is 0.467. The summed E-state index contributed by atoms with van der Waals surface area (Å²) >= 11 is 0. The first kappa shape index (κ1) is 18.1. The lowest BCUT2D eigenvalue weighted by Crippen LogP contribution is -2.45. The van der Waals surface area contributed by atoms with Gasteiger partial charge in [-0.2, -0.15) is 13.2 Å². The number of hydrogen-bond acceptors (Lipinski definition) is 5. The highest BCUT2D eigenvalue weighted by Gasteiger charge is 2.38. The van der Waals surface area contributed by atoms with E-state index in [1.165, 1.54) is 25.3 Å². The van der Waals surface area contributed by atoms with Crippen LogP contribution in [0.4, 0.5) is 24.5 Å². The molecule has 1 fully saturated rings. The van der Waals surface area contributed by atoms with Crippen molar-refractivity contribution < 1.29 is 27.5 Å². The Morgan fingerprint density at radius 3 is 2.33 bits per heavy atom. The maximum atomic E-state index is 12.4. The van der Waals surface area contributed by atoms with Gasteiger partial charge in [-0.1, -0.05) is 0 Å². The van der Waals surface area contributed by atoms with Gasteiger partial charge in [0.15, 0.2) is 0 Å². The summed E-state index contributed by atoms with van der Waals surface area (Å²) in [4.78, 5) is 27.1. The molecule has 1 aromatic carbocycles. The molecular formula is C15H18F3N3O3. The minimum atomic E-state index is -5.00. The largest absolute Gasteiger partial charge is 0.471 e. The van der Waals surface area contributed by atoms with Crippen LogP contribution in [0.25, 0.3) is 0 Å². The number of hydrogen-bond donors (Lipinski definition) is 1. The Bertz CT molecular complexity index is 626. The molecule has 0 aliphatic carbocycles. The topological polar surface area (TPSA) is 61.9 Å². The molecule has 0 unspecified atom stereocenters. The number of carbonyl (C=O) groups excluding carboxylic acids is 2. The lowest BCUT2D eigenvalue weighted by molar-refractivity contribution is -0.167. The number of methoxy groups -OCH3 is 1. The molecule has 132 valence electrons. The molecule has 0 atom stereocenters. The number of esters is 1. The van der Waals surface area contributed by atoms with Crippen molar-refractivity contribution in [1.82, 2.24) is 4.90 Å². The molecule has 1 aromatic rings.